The number of piperazine rings is 1. The number of carbonyl (C=O) groups excluding carboxylic acids is 1. The fourth-order valence-corrected chi connectivity index (χ4v) is 2.28. The summed E-state index contributed by atoms with van der Waals surface area (Å²) in [4.78, 5) is 15.8. The minimum atomic E-state index is 0.145. The lowest BCUT2D eigenvalue weighted by Crippen LogP contribution is -2.64. The molecule has 0 atom stereocenters. The normalized spacial score (nSPS) is 21.4. The predicted molar refractivity (Wildman–Crippen MR) is 77.8 cm³/mol. The van der Waals surface area contributed by atoms with Crippen LogP contribution in [0.4, 0.5) is 0 Å². The van der Waals surface area contributed by atoms with Crippen LogP contribution < -0.4 is 11.1 Å². The molecule has 6 nitrogen and oxygen atoms in total. The fraction of sp³-hybridized carbons (Fsp3) is 0.846. The standard InChI is InChI=1S/C13H28N5O/c1-17(2)7-9-18(3,10-8-17)11-13(19)16-6-4-5-15-12-14/h12H,4-11H2,1-3H3,(H2-,14,15,16,19)/q+1/p+1. The number of likely N-dealkylation sites (N-methyl/N-ethyl adjacent to an activating group) is 2. The van der Waals surface area contributed by atoms with Gasteiger partial charge in [0.05, 0.1) is 27.5 Å². The molecule has 0 unspecified atom stereocenters. The first kappa shape index (κ1) is 15.9. The van der Waals surface area contributed by atoms with Crippen molar-refractivity contribution in [1.29, 1.82) is 0 Å². The summed E-state index contributed by atoms with van der Waals surface area (Å²) < 4.78 is 1.92. The van der Waals surface area contributed by atoms with Gasteiger partial charge in [0.25, 0.3) is 5.91 Å². The van der Waals surface area contributed by atoms with Crippen molar-refractivity contribution in [2.45, 2.75) is 6.42 Å². The number of amides is 1. The quantitative estimate of drug-likeness (QED) is 0.282. The number of nitrogens with two attached hydrogens (primary N) is 1. The molecule has 3 N–H and O–H groups in total. The molecule has 1 aliphatic heterocycles. The second-order valence-corrected chi connectivity index (χ2v) is 6.37. The minimum absolute atomic E-state index is 0.145. The monoisotopic (exact) mass is 271 g/mol. The number of rotatable bonds is 6. The SMILES string of the molecule is C[N+]1(C)CC[N+](C)(CC(=O)NCCCN=CN)CC1. The second kappa shape index (κ2) is 6.86. The Hall–Kier alpha value is -1.14. The second-order valence-electron chi connectivity index (χ2n) is 6.37. The molecule has 0 aliphatic carbocycles. The zero-order valence-corrected chi connectivity index (χ0v) is 12.6. The molecule has 0 bridgehead atoms. The Morgan fingerprint density at radius 3 is 2.47 bits per heavy atom. The summed E-state index contributed by atoms with van der Waals surface area (Å²) >= 11 is 0. The van der Waals surface area contributed by atoms with E-state index in [4.69, 9.17) is 5.73 Å². The van der Waals surface area contributed by atoms with E-state index in [2.05, 4.69) is 31.5 Å². The Labute approximate surface area is 116 Å². The van der Waals surface area contributed by atoms with Gasteiger partial charge >= 0.3 is 0 Å². The third kappa shape index (κ3) is 6.02. The average Bonchev–Trinajstić information content (AvgIpc) is 2.33. The molecule has 110 valence electrons. The molecule has 0 saturated carbocycles. The van der Waals surface area contributed by atoms with Crippen molar-refractivity contribution in [3.05, 3.63) is 0 Å². The molecule has 1 heterocycles. The third-order valence-electron chi connectivity index (χ3n) is 3.91. The van der Waals surface area contributed by atoms with E-state index < -0.39 is 0 Å². The molecule has 0 aromatic rings. The summed E-state index contributed by atoms with van der Waals surface area (Å²) in [6, 6.07) is 0. The van der Waals surface area contributed by atoms with Crippen molar-refractivity contribution in [1.82, 2.24) is 5.32 Å². The summed E-state index contributed by atoms with van der Waals surface area (Å²) in [6.45, 7) is 6.34. The first-order chi connectivity index (χ1) is 8.87. The van der Waals surface area contributed by atoms with Crippen molar-refractivity contribution >= 4 is 12.2 Å². The van der Waals surface area contributed by atoms with Crippen LogP contribution >= 0.6 is 0 Å². The van der Waals surface area contributed by atoms with Crippen LogP contribution in [0.25, 0.3) is 0 Å². The van der Waals surface area contributed by atoms with Gasteiger partial charge in [0.2, 0.25) is 0 Å². The van der Waals surface area contributed by atoms with E-state index in [0.717, 1.165) is 41.6 Å². The number of aliphatic imine (C=N–C) groups is 1. The molecule has 0 aromatic heterocycles. The van der Waals surface area contributed by atoms with Crippen molar-refractivity contribution in [2.75, 3.05) is 67.0 Å². The molecule has 0 radical (unpaired) electrons. The lowest BCUT2D eigenvalue weighted by Gasteiger charge is -2.44. The average molecular weight is 271 g/mol. The number of hydrogen-bond acceptors (Lipinski definition) is 2. The Balaban J connectivity index is 2.24. The van der Waals surface area contributed by atoms with Gasteiger partial charge in [-0.2, -0.15) is 0 Å². The lowest BCUT2D eigenvalue weighted by molar-refractivity contribution is -1.00. The van der Waals surface area contributed by atoms with Crippen LogP contribution in [0.2, 0.25) is 0 Å². The maximum atomic E-state index is 11.9. The smallest absolute Gasteiger partial charge is 0.275 e. The van der Waals surface area contributed by atoms with Crippen LogP contribution in [0.1, 0.15) is 6.42 Å². The van der Waals surface area contributed by atoms with E-state index in [1.165, 1.54) is 6.34 Å². The van der Waals surface area contributed by atoms with Crippen LogP contribution in [-0.2, 0) is 4.79 Å². The molecule has 19 heavy (non-hydrogen) atoms. The molecule has 1 fully saturated rings. The van der Waals surface area contributed by atoms with Crippen molar-refractivity contribution in [2.24, 2.45) is 10.7 Å². The number of nitrogens with one attached hydrogen (secondary N) is 1. The topological polar surface area (TPSA) is 67.5 Å². The molecule has 1 aliphatic rings. The molecule has 1 saturated heterocycles. The van der Waals surface area contributed by atoms with Crippen LogP contribution in [0.3, 0.4) is 0 Å². The molecule has 0 spiro atoms. The zero-order valence-electron chi connectivity index (χ0n) is 12.6. The molecule has 6 heteroatoms. The van der Waals surface area contributed by atoms with Gasteiger partial charge in [0.15, 0.2) is 6.54 Å². The van der Waals surface area contributed by atoms with Gasteiger partial charge in [-0.3, -0.25) is 9.79 Å². The van der Waals surface area contributed by atoms with Crippen molar-refractivity contribution in [3.63, 3.8) is 0 Å². The predicted octanol–water partition coefficient (Wildman–Crippen LogP) is -0.984. The van der Waals surface area contributed by atoms with Crippen LogP contribution in [-0.4, -0.2) is 88.2 Å². The fourth-order valence-electron chi connectivity index (χ4n) is 2.28. The highest BCUT2D eigenvalue weighted by Crippen LogP contribution is 2.12. The minimum Gasteiger partial charge on any atom is -0.390 e. The summed E-state index contributed by atoms with van der Waals surface area (Å²) in [7, 11) is 6.68. The summed E-state index contributed by atoms with van der Waals surface area (Å²) in [5.41, 5.74) is 5.15. The third-order valence-corrected chi connectivity index (χ3v) is 3.91. The van der Waals surface area contributed by atoms with E-state index in [9.17, 15) is 4.79 Å². The molecule has 1 amide bonds. The van der Waals surface area contributed by atoms with Crippen molar-refractivity contribution < 1.29 is 13.8 Å². The van der Waals surface area contributed by atoms with Crippen LogP contribution in [0.5, 0.6) is 0 Å². The highest BCUT2D eigenvalue weighted by molar-refractivity contribution is 5.77. The maximum absolute atomic E-state index is 11.9. The van der Waals surface area contributed by atoms with E-state index >= 15 is 0 Å². The van der Waals surface area contributed by atoms with Crippen molar-refractivity contribution in [3.8, 4) is 0 Å². The molecule has 1 rings (SSSR count). The summed E-state index contributed by atoms with van der Waals surface area (Å²) in [6.07, 6.45) is 2.15. The maximum Gasteiger partial charge on any atom is 0.275 e. The Bertz CT molecular complexity index is 317. The first-order valence-corrected chi connectivity index (χ1v) is 6.99. The summed E-state index contributed by atoms with van der Waals surface area (Å²) in [5, 5.41) is 2.96. The zero-order chi connectivity index (χ0) is 14.4. The van der Waals surface area contributed by atoms with Gasteiger partial charge in [-0.25, -0.2) is 0 Å². The van der Waals surface area contributed by atoms with Crippen LogP contribution in [0.15, 0.2) is 4.99 Å². The molecular formula is C13H29N5O+2. The molecule has 0 aromatic carbocycles. The van der Waals surface area contributed by atoms with E-state index in [-0.39, 0.29) is 5.91 Å². The first-order valence-electron chi connectivity index (χ1n) is 6.99. The highest BCUT2D eigenvalue weighted by atomic mass is 16.2. The van der Waals surface area contributed by atoms with Gasteiger partial charge in [-0.05, 0) is 6.42 Å². The molecular weight excluding hydrogens is 242 g/mol. The van der Waals surface area contributed by atoms with Gasteiger partial charge in [0.1, 0.15) is 26.2 Å². The summed E-state index contributed by atoms with van der Waals surface area (Å²) in [5.74, 6) is 0.145. The number of nitrogens with zero attached hydrogens (tertiary/aromatic N) is 3. The Morgan fingerprint density at radius 1 is 1.26 bits per heavy atom. The lowest BCUT2D eigenvalue weighted by atomic mass is 10.2. The van der Waals surface area contributed by atoms with Gasteiger partial charge in [-0.1, -0.05) is 0 Å². The van der Waals surface area contributed by atoms with E-state index in [1.807, 2.05) is 0 Å². The van der Waals surface area contributed by atoms with Gasteiger partial charge in [-0.15, -0.1) is 0 Å². The van der Waals surface area contributed by atoms with E-state index in [0.29, 0.717) is 19.6 Å². The van der Waals surface area contributed by atoms with Crippen LogP contribution in [0, 0.1) is 0 Å². The van der Waals surface area contributed by atoms with E-state index in [1.54, 1.807) is 0 Å². The Kier molecular flexibility index (Phi) is 5.75. The number of hydrogen-bond donors (Lipinski definition) is 2. The highest BCUT2D eigenvalue weighted by Gasteiger charge is 2.35. The largest absolute Gasteiger partial charge is 0.390 e. The number of carbonyl (C=O) groups is 1. The van der Waals surface area contributed by atoms with Gasteiger partial charge in [0, 0.05) is 13.1 Å². The van der Waals surface area contributed by atoms with Gasteiger partial charge < -0.3 is 20.0 Å². The number of quaternary nitrogens is 2. The Morgan fingerprint density at radius 2 is 1.89 bits per heavy atom.